The SMILES string of the molecule is CS(=O)(=O)Nc1cccc(-c2n[nH]c(=O)c3c2CCCC3)c1. The van der Waals surface area contributed by atoms with Crippen molar-refractivity contribution in [3.8, 4) is 11.3 Å². The van der Waals surface area contributed by atoms with Crippen molar-refractivity contribution in [1.29, 1.82) is 0 Å². The van der Waals surface area contributed by atoms with Gasteiger partial charge >= 0.3 is 0 Å². The van der Waals surface area contributed by atoms with E-state index < -0.39 is 10.0 Å². The normalized spacial score (nSPS) is 14.4. The van der Waals surface area contributed by atoms with Crippen LogP contribution in [0.15, 0.2) is 29.1 Å². The second kappa shape index (κ2) is 5.57. The van der Waals surface area contributed by atoms with E-state index in [9.17, 15) is 13.2 Å². The second-order valence-electron chi connectivity index (χ2n) is 5.52. The summed E-state index contributed by atoms with van der Waals surface area (Å²) < 4.78 is 25.2. The Morgan fingerprint density at radius 2 is 1.91 bits per heavy atom. The van der Waals surface area contributed by atoms with Gasteiger partial charge in [-0.3, -0.25) is 9.52 Å². The zero-order valence-corrected chi connectivity index (χ0v) is 13.0. The molecule has 0 spiro atoms. The Morgan fingerprint density at radius 3 is 2.64 bits per heavy atom. The first-order valence-corrected chi connectivity index (χ1v) is 9.02. The van der Waals surface area contributed by atoms with Crippen LogP contribution in [0.5, 0.6) is 0 Å². The van der Waals surface area contributed by atoms with E-state index in [4.69, 9.17) is 0 Å². The fourth-order valence-corrected chi connectivity index (χ4v) is 3.40. The molecule has 1 aliphatic rings. The molecule has 0 saturated heterocycles. The van der Waals surface area contributed by atoms with Crippen LogP contribution >= 0.6 is 0 Å². The number of H-pyrrole nitrogens is 1. The molecule has 0 saturated carbocycles. The topological polar surface area (TPSA) is 91.9 Å². The van der Waals surface area contributed by atoms with Crippen LogP contribution in [0.2, 0.25) is 0 Å². The van der Waals surface area contributed by atoms with E-state index in [1.54, 1.807) is 18.2 Å². The van der Waals surface area contributed by atoms with Crippen molar-refractivity contribution in [2.45, 2.75) is 25.7 Å². The van der Waals surface area contributed by atoms with Gasteiger partial charge in [-0.1, -0.05) is 12.1 Å². The Kier molecular flexibility index (Phi) is 3.74. The van der Waals surface area contributed by atoms with Crippen LogP contribution in [0.3, 0.4) is 0 Å². The van der Waals surface area contributed by atoms with Gasteiger partial charge < -0.3 is 0 Å². The number of anilines is 1. The predicted octanol–water partition coefficient (Wildman–Crippen LogP) is 1.69. The molecule has 2 aromatic rings. The number of nitrogens with zero attached hydrogens (tertiary/aromatic N) is 1. The Morgan fingerprint density at radius 1 is 1.18 bits per heavy atom. The molecule has 1 aromatic heterocycles. The summed E-state index contributed by atoms with van der Waals surface area (Å²) in [5.41, 5.74) is 3.67. The Bertz CT molecular complexity index is 872. The molecule has 1 aromatic carbocycles. The van der Waals surface area contributed by atoms with Gasteiger partial charge in [0.15, 0.2) is 0 Å². The third kappa shape index (κ3) is 3.04. The van der Waals surface area contributed by atoms with Gasteiger partial charge in [0.1, 0.15) is 0 Å². The summed E-state index contributed by atoms with van der Waals surface area (Å²) in [5.74, 6) is 0. The number of hydrogen-bond donors (Lipinski definition) is 2. The zero-order chi connectivity index (χ0) is 15.7. The maximum atomic E-state index is 11.9. The molecule has 3 rings (SSSR count). The number of aromatic nitrogens is 2. The Hall–Kier alpha value is -2.15. The Labute approximate surface area is 128 Å². The summed E-state index contributed by atoms with van der Waals surface area (Å²) in [6.45, 7) is 0. The summed E-state index contributed by atoms with van der Waals surface area (Å²) in [5, 5.41) is 6.73. The van der Waals surface area contributed by atoms with Crippen molar-refractivity contribution in [1.82, 2.24) is 10.2 Å². The summed E-state index contributed by atoms with van der Waals surface area (Å²) in [6.07, 6.45) is 4.74. The van der Waals surface area contributed by atoms with E-state index in [0.29, 0.717) is 5.69 Å². The van der Waals surface area contributed by atoms with E-state index >= 15 is 0 Å². The molecule has 116 valence electrons. The Balaban J connectivity index is 2.09. The van der Waals surface area contributed by atoms with Gasteiger partial charge in [-0.05, 0) is 43.4 Å². The fraction of sp³-hybridized carbons (Fsp3) is 0.333. The quantitative estimate of drug-likeness (QED) is 0.900. The van der Waals surface area contributed by atoms with Crippen molar-refractivity contribution in [2.75, 3.05) is 11.0 Å². The highest BCUT2D eigenvalue weighted by atomic mass is 32.2. The van der Waals surface area contributed by atoms with Crippen LogP contribution in [-0.2, 0) is 22.9 Å². The van der Waals surface area contributed by atoms with E-state index in [2.05, 4.69) is 14.9 Å². The lowest BCUT2D eigenvalue weighted by molar-refractivity contribution is 0.607. The van der Waals surface area contributed by atoms with Crippen molar-refractivity contribution >= 4 is 15.7 Å². The molecular formula is C15H17N3O3S. The maximum Gasteiger partial charge on any atom is 0.267 e. The number of fused-ring (bicyclic) bond motifs is 1. The van der Waals surface area contributed by atoms with E-state index in [0.717, 1.165) is 54.3 Å². The molecule has 0 radical (unpaired) electrons. The van der Waals surface area contributed by atoms with Crippen LogP contribution in [0, 0.1) is 0 Å². The van der Waals surface area contributed by atoms with Gasteiger partial charge in [-0.15, -0.1) is 0 Å². The average Bonchev–Trinajstić information content (AvgIpc) is 2.46. The lowest BCUT2D eigenvalue weighted by atomic mass is 9.90. The number of sulfonamides is 1. The van der Waals surface area contributed by atoms with E-state index in [1.165, 1.54) is 0 Å². The summed E-state index contributed by atoms with van der Waals surface area (Å²) >= 11 is 0. The van der Waals surface area contributed by atoms with Crippen LogP contribution in [-0.4, -0.2) is 24.9 Å². The molecule has 7 heteroatoms. The van der Waals surface area contributed by atoms with Gasteiger partial charge in [0, 0.05) is 16.8 Å². The van der Waals surface area contributed by atoms with Crippen LogP contribution in [0.25, 0.3) is 11.3 Å². The fourth-order valence-electron chi connectivity index (χ4n) is 2.84. The molecule has 1 heterocycles. The lowest BCUT2D eigenvalue weighted by Gasteiger charge is -2.17. The monoisotopic (exact) mass is 319 g/mol. The lowest BCUT2D eigenvalue weighted by Crippen LogP contribution is -2.21. The molecule has 0 fully saturated rings. The van der Waals surface area contributed by atoms with Crippen LogP contribution in [0.1, 0.15) is 24.0 Å². The van der Waals surface area contributed by atoms with Gasteiger partial charge in [-0.25, -0.2) is 13.5 Å². The third-order valence-electron chi connectivity index (χ3n) is 3.74. The highest BCUT2D eigenvalue weighted by Crippen LogP contribution is 2.29. The minimum absolute atomic E-state index is 0.121. The highest BCUT2D eigenvalue weighted by molar-refractivity contribution is 7.92. The molecule has 6 nitrogen and oxygen atoms in total. The van der Waals surface area contributed by atoms with Crippen molar-refractivity contribution in [3.05, 3.63) is 45.7 Å². The van der Waals surface area contributed by atoms with E-state index in [1.807, 2.05) is 6.07 Å². The van der Waals surface area contributed by atoms with Crippen molar-refractivity contribution in [3.63, 3.8) is 0 Å². The minimum Gasteiger partial charge on any atom is -0.284 e. The van der Waals surface area contributed by atoms with E-state index in [-0.39, 0.29) is 5.56 Å². The minimum atomic E-state index is -3.33. The molecule has 1 aliphatic carbocycles. The first kappa shape index (κ1) is 14.8. The smallest absolute Gasteiger partial charge is 0.267 e. The van der Waals surface area contributed by atoms with Gasteiger partial charge in [0.2, 0.25) is 10.0 Å². The van der Waals surface area contributed by atoms with Gasteiger partial charge in [0.25, 0.3) is 5.56 Å². The number of benzene rings is 1. The number of hydrogen-bond acceptors (Lipinski definition) is 4. The second-order valence-corrected chi connectivity index (χ2v) is 7.27. The first-order chi connectivity index (χ1) is 10.4. The molecule has 0 amide bonds. The molecule has 0 unspecified atom stereocenters. The highest BCUT2D eigenvalue weighted by Gasteiger charge is 2.19. The number of rotatable bonds is 3. The molecule has 22 heavy (non-hydrogen) atoms. The summed E-state index contributed by atoms with van der Waals surface area (Å²) in [6, 6.07) is 7.05. The molecule has 0 bridgehead atoms. The number of aromatic amines is 1. The summed E-state index contributed by atoms with van der Waals surface area (Å²) in [4.78, 5) is 11.9. The largest absolute Gasteiger partial charge is 0.284 e. The van der Waals surface area contributed by atoms with Crippen LogP contribution < -0.4 is 10.3 Å². The standard InChI is InChI=1S/C15H17N3O3S/c1-22(20,21)18-11-6-4-5-10(9-11)14-12-7-2-3-8-13(12)15(19)17-16-14/h4-6,9,18H,2-3,7-8H2,1H3,(H,17,19). The molecule has 0 atom stereocenters. The van der Waals surface area contributed by atoms with Crippen molar-refractivity contribution in [2.24, 2.45) is 0 Å². The van der Waals surface area contributed by atoms with Gasteiger partial charge in [0.05, 0.1) is 11.9 Å². The zero-order valence-electron chi connectivity index (χ0n) is 12.2. The maximum absolute atomic E-state index is 11.9. The summed E-state index contributed by atoms with van der Waals surface area (Å²) in [7, 11) is -3.33. The van der Waals surface area contributed by atoms with Crippen molar-refractivity contribution < 1.29 is 8.42 Å². The third-order valence-corrected chi connectivity index (χ3v) is 4.34. The average molecular weight is 319 g/mol. The van der Waals surface area contributed by atoms with Crippen LogP contribution in [0.4, 0.5) is 5.69 Å². The molecule has 0 aliphatic heterocycles. The first-order valence-electron chi connectivity index (χ1n) is 7.13. The van der Waals surface area contributed by atoms with Gasteiger partial charge in [-0.2, -0.15) is 5.10 Å². The number of nitrogens with one attached hydrogen (secondary N) is 2. The molecular weight excluding hydrogens is 302 g/mol. The molecule has 2 N–H and O–H groups in total. The predicted molar refractivity (Wildman–Crippen MR) is 85.4 cm³/mol.